The molecule has 1 N–H and O–H groups in total. The third-order valence-corrected chi connectivity index (χ3v) is 3.50. The van der Waals surface area contributed by atoms with Crippen molar-refractivity contribution in [3.8, 4) is 0 Å². The molecule has 0 saturated carbocycles. The van der Waals surface area contributed by atoms with Crippen LogP contribution < -0.4 is 5.32 Å². The lowest BCUT2D eigenvalue weighted by molar-refractivity contribution is 0.409. The highest BCUT2D eigenvalue weighted by Gasteiger charge is 2.18. The predicted molar refractivity (Wildman–Crippen MR) is 65.9 cm³/mol. The van der Waals surface area contributed by atoms with Crippen molar-refractivity contribution in [1.82, 2.24) is 5.32 Å². The summed E-state index contributed by atoms with van der Waals surface area (Å²) in [6.07, 6.45) is 3.55. The highest BCUT2D eigenvalue weighted by Crippen LogP contribution is 2.30. The molecule has 15 heavy (non-hydrogen) atoms. The van der Waals surface area contributed by atoms with E-state index in [0.717, 1.165) is 18.5 Å². The molecule has 0 bridgehead atoms. The van der Waals surface area contributed by atoms with Crippen molar-refractivity contribution in [2.45, 2.75) is 25.3 Å². The lowest BCUT2D eigenvalue weighted by Gasteiger charge is -2.24. The van der Waals surface area contributed by atoms with Crippen molar-refractivity contribution >= 4 is 28.3 Å². The molecule has 1 aromatic rings. The van der Waals surface area contributed by atoms with Crippen molar-refractivity contribution in [2.75, 3.05) is 6.54 Å². The van der Waals surface area contributed by atoms with Crippen molar-refractivity contribution in [3.63, 3.8) is 0 Å². The quantitative estimate of drug-likeness (QED) is 0.830. The van der Waals surface area contributed by atoms with Gasteiger partial charge in [0.15, 0.2) is 0 Å². The molecule has 1 aromatic carbocycles. The highest BCUT2D eigenvalue weighted by atomic mass is 79.9. The van der Waals surface area contributed by atoms with Crippen LogP contribution in [0.1, 0.15) is 30.9 Å². The van der Waals surface area contributed by atoms with Crippen molar-refractivity contribution in [1.29, 1.82) is 0 Å². The van der Waals surface area contributed by atoms with E-state index in [1.165, 1.54) is 18.9 Å². The third kappa shape index (κ3) is 2.92. The van der Waals surface area contributed by atoms with Crippen LogP contribution in [0.4, 0.5) is 4.39 Å². The molecule has 0 aromatic heterocycles. The fourth-order valence-electron chi connectivity index (χ4n) is 1.91. The first-order valence-corrected chi connectivity index (χ1v) is 5.75. The zero-order valence-corrected chi connectivity index (χ0v) is 10.7. The molecule has 1 aliphatic rings. The Bertz CT molecular complexity index is 326. The molecule has 1 aliphatic heterocycles. The van der Waals surface area contributed by atoms with E-state index in [1.807, 2.05) is 6.07 Å². The number of halogens is 3. The molecule has 0 amide bonds. The van der Waals surface area contributed by atoms with Gasteiger partial charge in [-0.25, -0.2) is 4.39 Å². The smallest absolute Gasteiger partial charge is 0.137 e. The Morgan fingerprint density at radius 1 is 1.33 bits per heavy atom. The molecule has 1 saturated heterocycles. The van der Waals surface area contributed by atoms with Gasteiger partial charge in [-0.3, -0.25) is 0 Å². The fourth-order valence-corrected chi connectivity index (χ4v) is 2.45. The molecule has 1 fully saturated rings. The minimum atomic E-state index is -0.171. The number of benzene rings is 1. The molecule has 1 heterocycles. The fraction of sp³-hybridized carbons (Fsp3) is 0.455. The van der Waals surface area contributed by atoms with E-state index in [-0.39, 0.29) is 18.2 Å². The maximum atomic E-state index is 13.3. The average molecular weight is 295 g/mol. The Morgan fingerprint density at radius 2 is 2.13 bits per heavy atom. The maximum Gasteiger partial charge on any atom is 0.137 e. The van der Waals surface area contributed by atoms with Crippen LogP contribution in [0, 0.1) is 5.82 Å². The molecule has 1 nitrogen and oxygen atoms in total. The topological polar surface area (TPSA) is 12.0 Å². The Hall–Kier alpha value is -0.120. The Labute approximate surface area is 104 Å². The predicted octanol–water partition coefficient (Wildman–Crippen LogP) is 3.82. The van der Waals surface area contributed by atoms with Gasteiger partial charge in [-0.2, -0.15) is 0 Å². The third-order valence-electron chi connectivity index (χ3n) is 2.67. The molecular formula is C11H14BrClFN. The van der Waals surface area contributed by atoms with Crippen molar-refractivity contribution in [2.24, 2.45) is 0 Å². The van der Waals surface area contributed by atoms with E-state index in [2.05, 4.69) is 21.2 Å². The Kier molecular flexibility index (Phi) is 5.03. The standard InChI is InChI=1S/C11H13BrFN.ClH/c12-11-8(4-3-5-9(11)13)10-6-1-2-7-14-10;/h3-5,10,14H,1-2,6-7H2;1H/t10-;/m1./s1. The largest absolute Gasteiger partial charge is 0.310 e. The number of hydrogen-bond donors (Lipinski definition) is 1. The van der Waals surface area contributed by atoms with E-state index in [0.29, 0.717) is 10.5 Å². The summed E-state index contributed by atoms with van der Waals surface area (Å²) in [5.41, 5.74) is 1.05. The van der Waals surface area contributed by atoms with Crippen LogP contribution in [0.15, 0.2) is 22.7 Å². The van der Waals surface area contributed by atoms with Gasteiger partial charge >= 0.3 is 0 Å². The summed E-state index contributed by atoms with van der Waals surface area (Å²) in [4.78, 5) is 0. The van der Waals surface area contributed by atoms with Gasteiger partial charge in [0.2, 0.25) is 0 Å². The van der Waals surface area contributed by atoms with Crippen LogP contribution in [0.25, 0.3) is 0 Å². The second kappa shape index (κ2) is 5.83. The van der Waals surface area contributed by atoms with E-state index >= 15 is 0 Å². The molecule has 0 spiro atoms. The van der Waals surface area contributed by atoms with E-state index in [9.17, 15) is 4.39 Å². The van der Waals surface area contributed by atoms with Gasteiger partial charge in [-0.05, 0) is 46.9 Å². The summed E-state index contributed by atoms with van der Waals surface area (Å²) in [6.45, 7) is 1.04. The molecule has 2 rings (SSSR count). The first kappa shape index (κ1) is 12.9. The van der Waals surface area contributed by atoms with Crippen LogP contribution in [-0.4, -0.2) is 6.54 Å². The SMILES string of the molecule is Cl.Fc1cccc([C@H]2CCCCN2)c1Br. The lowest BCUT2D eigenvalue weighted by atomic mass is 9.97. The van der Waals surface area contributed by atoms with Crippen LogP contribution in [-0.2, 0) is 0 Å². The average Bonchev–Trinajstić information content (AvgIpc) is 2.23. The van der Waals surface area contributed by atoms with Crippen LogP contribution in [0.5, 0.6) is 0 Å². The summed E-state index contributed by atoms with van der Waals surface area (Å²) in [7, 11) is 0. The van der Waals surface area contributed by atoms with Gasteiger partial charge < -0.3 is 5.32 Å². The number of nitrogens with one attached hydrogen (secondary N) is 1. The molecule has 0 unspecified atom stereocenters. The number of piperidine rings is 1. The monoisotopic (exact) mass is 293 g/mol. The molecule has 4 heteroatoms. The number of hydrogen-bond acceptors (Lipinski definition) is 1. The first-order valence-electron chi connectivity index (χ1n) is 4.96. The summed E-state index contributed by atoms with van der Waals surface area (Å²) < 4.78 is 13.9. The van der Waals surface area contributed by atoms with E-state index in [1.54, 1.807) is 6.07 Å². The summed E-state index contributed by atoms with van der Waals surface area (Å²) in [5, 5.41) is 3.41. The first-order chi connectivity index (χ1) is 6.79. The maximum absolute atomic E-state index is 13.3. The van der Waals surface area contributed by atoms with E-state index in [4.69, 9.17) is 0 Å². The molecule has 0 radical (unpaired) electrons. The van der Waals surface area contributed by atoms with Gasteiger partial charge in [-0.15, -0.1) is 12.4 Å². The summed E-state index contributed by atoms with van der Waals surface area (Å²) >= 11 is 3.30. The molecule has 84 valence electrons. The molecule has 1 atom stereocenters. The van der Waals surface area contributed by atoms with Gasteiger partial charge in [0, 0.05) is 6.04 Å². The Balaban J connectivity index is 0.00000112. The van der Waals surface area contributed by atoms with Gasteiger partial charge in [0.1, 0.15) is 5.82 Å². The van der Waals surface area contributed by atoms with Crippen LogP contribution in [0.2, 0.25) is 0 Å². The van der Waals surface area contributed by atoms with E-state index < -0.39 is 0 Å². The van der Waals surface area contributed by atoms with Gasteiger partial charge in [-0.1, -0.05) is 18.6 Å². The summed E-state index contributed by atoms with van der Waals surface area (Å²) in [5.74, 6) is -0.171. The highest BCUT2D eigenvalue weighted by molar-refractivity contribution is 9.10. The normalized spacial score (nSPS) is 20.8. The summed E-state index contributed by atoms with van der Waals surface area (Å²) in [6, 6.07) is 5.55. The van der Waals surface area contributed by atoms with Gasteiger partial charge in [0.05, 0.1) is 4.47 Å². The Morgan fingerprint density at radius 3 is 2.80 bits per heavy atom. The second-order valence-corrected chi connectivity index (χ2v) is 4.44. The van der Waals surface area contributed by atoms with Crippen LogP contribution in [0.3, 0.4) is 0 Å². The number of rotatable bonds is 1. The van der Waals surface area contributed by atoms with Gasteiger partial charge in [0.25, 0.3) is 0 Å². The zero-order valence-electron chi connectivity index (χ0n) is 8.30. The molecule has 0 aliphatic carbocycles. The van der Waals surface area contributed by atoms with Crippen molar-refractivity contribution < 1.29 is 4.39 Å². The molecular weight excluding hydrogens is 280 g/mol. The zero-order chi connectivity index (χ0) is 9.97. The lowest BCUT2D eigenvalue weighted by Crippen LogP contribution is -2.27. The minimum absolute atomic E-state index is 0. The van der Waals surface area contributed by atoms with Crippen LogP contribution >= 0.6 is 28.3 Å². The minimum Gasteiger partial charge on any atom is -0.310 e. The second-order valence-electron chi connectivity index (χ2n) is 3.65. The van der Waals surface area contributed by atoms with Crippen molar-refractivity contribution in [3.05, 3.63) is 34.1 Å².